The third-order valence-electron chi connectivity index (χ3n) is 2.34. The molecule has 0 aromatic carbocycles. The second-order valence-corrected chi connectivity index (χ2v) is 5.30. The van der Waals surface area contributed by atoms with Crippen molar-refractivity contribution in [2.45, 2.75) is 26.3 Å². The van der Waals surface area contributed by atoms with E-state index in [0.717, 1.165) is 36.8 Å². The van der Waals surface area contributed by atoms with Crippen molar-refractivity contribution < 1.29 is 5.11 Å². The van der Waals surface area contributed by atoms with Crippen LogP contribution in [0.25, 0.3) is 0 Å². The Labute approximate surface area is 100 Å². The molecule has 0 saturated carbocycles. The van der Waals surface area contributed by atoms with Crippen molar-refractivity contribution in [3.8, 4) is 0 Å². The summed E-state index contributed by atoms with van der Waals surface area (Å²) in [4.78, 5) is 3.68. The smallest absolute Gasteiger partial charge is 0.0931 e. The summed E-state index contributed by atoms with van der Waals surface area (Å²) >= 11 is 7.53. The van der Waals surface area contributed by atoms with E-state index >= 15 is 0 Å². The van der Waals surface area contributed by atoms with Crippen LogP contribution in [0.2, 0.25) is 4.34 Å². The maximum absolute atomic E-state index is 8.71. The van der Waals surface area contributed by atoms with Crippen molar-refractivity contribution in [3.63, 3.8) is 0 Å². The van der Waals surface area contributed by atoms with Gasteiger partial charge in [0.05, 0.1) is 4.34 Å². The molecule has 1 heterocycles. The lowest BCUT2D eigenvalue weighted by Gasteiger charge is -2.19. The highest BCUT2D eigenvalue weighted by Crippen LogP contribution is 2.22. The molecule has 0 amide bonds. The average molecular weight is 248 g/mol. The van der Waals surface area contributed by atoms with Gasteiger partial charge in [0, 0.05) is 18.0 Å². The lowest BCUT2D eigenvalue weighted by atomic mass is 10.3. The minimum atomic E-state index is 0.294. The van der Waals surface area contributed by atoms with Gasteiger partial charge in [-0.3, -0.25) is 4.90 Å². The van der Waals surface area contributed by atoms with Gasteiger partial charge in [0.2, 0.25) is 0 Å². The molecule has 86 valence electrons. The molecule has 0 fully saturated rings. The average Bonchev–Trinajstić information content (AvgIpc) is 2.63. The van der Waals surface area contributed by atoms with E-state index in [9.17, 15) is 0 Å². The lowest BCUT2D eigenvalue weighted by Crippen LogP contribution is -2.23. The predicted molar refractivity (Wildman–Crippen MR) is 66.6 cm³/mol. The number of nitrogens with zero attached hydrogens (tertiary/aromatic N) is 1. The number of aliphatic hydroxyl groups is 1. The Hall–Kier alpha value is -0.0900. The van der Waals surface area contributed by atoms with Crippen molar-refractivity contribution in [3.05, 3.63) is 21.3 Å². The van der Waals surface area contributed by atoms with E-state index < -0.39 is 0 Å². The van der Waals surface area contributed by atoms with Crippen molar-refractivity contribution in [1.82, 2.24) is 4.90 Å². The first-order chi connectivity index (χ1) is 7.26. The van der Waals surface area contributed by atoms with Gasteiger partial charge in [-0.1, -0.05) is 18.5 Å². The van der Waals surface area contributed by atoms with Crippen molar-refractivity contribution in [1.29, 1.82) is 0 Å². The molecule has 1 N–H and O–H groups in total. The number of halogens is 1. The zero-order valence-electron chi connectivity index (χ0n) is 9.08. The van der Waals surface area contributed by atoms with Crippen LogP contribution in [-0.2, 0) is 6.54 Å². The van der Waals surface area contributed by atoms with Gasteiger partial charge in [-0.15, -0.1) is 11.3 Å². The Morgan fingerprint density at radius 3 is 2.73 bits per heavy atom. The second-order valence-electron chi connectivity index (χ2n) is 3.51. The molecule has 0 unspecified atom stereocenters. The van der Waals surface area contributed by atoms with Crippen molar-refractivity contribution in [2.75, 3.05) is 19.7 Å². The summed E-state index contributed by atoms with van der Waals surface area (Å²) in [6.45, 7) is 5.52. The van der Waals surface area contributed by atoms with Crippen LogP contribution in [-0.4, -0.2) is 29.7 Å². The molecule has 15 heavy (non-hydrogen) atoms. The summed E-state index contributed by atoms with van der Waals surface area (Å²) < 4.78 is 0.858. The van der Waals surface area contributed by atoms with Crippen LogP contribution in [0.5, 0.6) is 0 Å². The summed E-state index contributed by atoms with van der Waals surface area (Å²) in [7, 11) is 0. The number of unbranched alkanes of at least 4 members (excludes halogenated alkanes) is 1. The normalized spacial score (nSPS) is 11.2. The summed E-state index contributed by atoms with van der Waals surface area (Å²) in [6.07, 6.45) is 1.95. The molecule has 1 rings (SSSR count). The lowest BCUT2D eigenvalue weighted by molar-refractivity contribution is 0.244. The Morgan fingerprint density at radius 1 is 1.40 bits per heavy atom. The molecule has 0 saturated heterocycles. The predicted octanol–water partition coefficient (Wildman–Crippen LogP) is 3.00. The molecule has 0 spiro atoms. The topological polar surface area (TPSA) is 23.5 Å². The van der Waals surface area contributed by atoms with Gasteiger partial charge in [-0.05, 0) is 38.1 Å². The SMILES string of the molecule is CCN(CCCCO)Cc1ccc(Cl)s1. The fourth-order valence-electron chi connectivity index (χ4n) is 1.45. The molecule has 0 aliphatic heterocycles. The fraction of sp³-hybridized carbons (Fsp3) is 0.636. The molecule has 0 atom stereocenters. The number of thiophene rings is 1. The maximum Gasteiger partial charge on any atom is 0.0931 e. The first-order valence-corrected chi connectivity index (χ1v) is 6.53. The van der Waals surface area contributed by atoms with Crippen LogP contribution in [0.15, 0.2) is 12.1 Å². The van der Waals surface area contributed by atoms with Gasteiger partial charge in [-0.25, -0.2) is 0 Å². The first kappa shape index (κ1) is 13.0. The Balaban J connectivity index is 2.33. The summed E-state index contributed by atoms with van der Waals surface area (Å²) in [5, 5.41) is 8.71. The standard InChI is InChI=1S/C11H18ClNOS/c1-2-13(7-3-4-8-14)9-10-5-6-11(12)15-10/h5-6,14H,2-4,7-9H2,1H3. The zero-order valence-corrected chi connectivity index (χ0v) is 10.7. The Bertz CT molecular complexity index is 277. The molecular weight excluding hydrogens is 230 g/mol. The third kappa shape index (κ3) is 4.98. The van der Waals surface area contributed by atoms with E-state index in [-0.39, 0.29) is 0 Å². The molecule has 4 heteroatoms. The maximum atomic E-state index is 8.71. The summed E-state index contributed by atoms with van der Waals surface area (Å²) in [6, 6.07) is 4.03. The largest absolute Gasteiger partial charge is 0.396 e. The summed E-state index contributed by atoms with van der Waals surface area (Å²) in [5.74, 6) is 0. The molecule has 0 aliphatic carbocycles. The van der Waals surface area contributed by atoms with E-state index in [0.29, 0.717) is 6.61 Å². The minimum absolute atomic E-state index is 0.294. The van der Waals surface area contributed by atoms with Crippen LogP contribution in [0.3, 0.4) is 0 Å². The highest BCUT2D eigenvalue weighted by molar-refractivity contribution is 7.16. The van der Waals surface area contributed by atoms with Gasteiger partial charge in [0.25, 0.3) is 0 Å². The first-order valence-electron chi connectivity index (χ1n) is 5.33. The zero-order chi connectivity index (χ0) is 11.1. The van der Waals surface area contributed by atoms with Gasteiger partial charge < -0.3 is 5.11 Å². The second kappa shape index (κ2) is 7.23. The monoisotopic (exact) mass is 247 g/mol. The molecule has 1 aromatic heterocycles. The highest BCUT2D eigenvalue weighted by Gasteiger charge is 2.05. The molecule has 1 aromatic rings. The van der Waals surface area contributed by atoms with E-state index in [1.54, 1.807) is 11.3 Å². The summed E-state index contributed by atoms with van der Waals surface area (Å²) in [5.41, 5.74) is 0. The van der Waals surface area contributed by atoms with Crippen LogP contribution < -0.4 is 0 Å². The molecule has 2 nitrogen and oxygen atoms in total. The van der Waals surface area contributed by atoms with Gasteiger partial charge in [0.15, 0.2) is 0 Å². The van der Waals surface area contributed by atoms with E-state index in [1.165, 1.54) is 4.88 Å². The number of hydrogen-bond acceptors (Lipinski definition) is 3. The van der Waals surface area contributed by atoms with E-state index in [4.69, 9.17) is 16.7 Å². The number of rotatable bonds is 7. The Morgan fingerprint density at radius 2 is 2.20 bits per heavy atom. The van der Waals surface area contributed by atoms with Crippen LogP contribution in [0.4, 0.5) is 0 Å². The molecular formula is C11H18ClNOS. The van der Waals surface area contributed by atoms with Crippen LogP contribution in [0, 0.1) is 0 Å². The van der Waals surface area contributed by atoms with Gasteiger partial charge in [0.1, 0.15) is 0 Å². The van der Waals surface area contributed by atoms with Gasteiger partial charge in [-0.2, -0.15) is 0 Å². The van der Waals surface area contributed by atoms with Crippen molar-refractivity contribution >= 4 is 22.9 Å². The van der Waals surface area contributed by atoms with Crippen molar-refractivity contribution in [2.24, 2.45) is 0 Å². The van der Waals surface area contributed by atoms with E-state index in [1.807, 2.05) is 6.07 Å². The molecule has 0 bridgehead atoms. The minimum Gasteiger partial charge on any atom is -0.396 e. The molecule has 0 radical (unpaired) electrons. The fourth-order valence-corrected chi connectivity index (χ4v) is 2.58. The highest BCUT2D eigenvalue weighted by atomic mass is 35.5. The van der Waals surface area contributed by atoms with Crippen LogP contribution >= 0.6 is 22.9 Å². The molecule has 0 aliphatic rings. The number of aliphatic hydroxyl groups excluding tert-OH is 1. The quantitative estimate of drug-likeness (QED) is 0.749. The Kier molecular flexibility index (Phi) is 6.25. The van der Waals surface area contributed by atoms with E-state index in [2.05, 4.69) is 17.9 Å². The number of hydrogen-bond donors (Lipinski definition) is 1. The van der Waals surface area contributed by atoms with Gasteiger partial charge >= 0.3 is 0 Å². The third-order valence-corrected chi connectivity index (χ3v) is 3.55. The van der Waals surface area contributed by atoms with Crippen LogP contribution in [0.1, 0.15) is 24.6 Å².